The first-order chi connectivity index (χ1) is 6.24. The van der Waals surface area contributed by atoms with Crippen LogP contribution in [0.5, 0.6) is 0 Å². The van der Waals surface area contributed by atoms with Gasteiger partial charge in [0, 0.05) is 6.61 Å². The molecule has 0 radical (unpaired) electrons. The summed E-state index contributed by atoms with van der Waals surface area (Å²) in [6.07, 6.45) is 4.46. The Bertz CT molecular complexity index is 175. The van der Waals surface area contributed by atoms with Crippen LogP contribution in [0.15, 0.2) is 0 Å². The summed E-state index contributed by atoms with van der Waals surface area (Å²) in [5, 5.41) is 9.29. The second kappa shape index (κ2) is 3.58. The number of aliphatic hydroxyl groups excluding tert-OH is 1. The standard InChI is InChI=1S/C11H20O2/c1-7-8(2)13-10-5-3-4-9(6-12)11(7)10/h7-12H,3-6H2,1-2H3/t7-,8+,9+,10+,11+/m1/s1. The van der Waals surface area contributed by atoms with Crippen molar-refractivity contribution in [2.45, 2.75) is 45.3 Å². The van der Waals surface area contributed by atoms with Gasteiger partial charge >= 0.3 is 0 Å². The van der Waals surface area contributed by atoms with E-state index >= 15 is 0 Å². The van der Waals surface area contributed by atoms with Crippen molar-refractivity contribution >= 4 is 0 Å². The van der Waals surface area contributed by atoms with E-state index in [0.29, 0.717) is 36.6 Å². The molecule has 13 heavy (non-hydrogen) atoms. The Morgan fingerprint density at radius 3 is 2.77 bits per heavy atom. The Kier molecular flexibility index (Phi) is 2.61. The summed E-state index contributed by atoms with van der Waals surface area (Å²) in [6.45, 7) is 4.78. The van der Waals surface area contributed by atoms with Gasteiger partial charge in [-0.3, -0.25) is 0 Å². The summed E-state index contributed by atoms with van der Waals surface area (Å²) in [5.41, 5.74) is 0. The minimum Gasteiger partial charge on any atom is -0.396 e. The lowest BCUT2D eigenvalue weighted by atomic mass is 9.72. The van der Waals surface area contributed by atoms with E-state index in [1.54, 1.807) is 0 Å². The normalized spacial score (nSPS) is 50.5. The van der Waals surface area contributed by atoms with E-state index in [-0.39, 0.29) is 0 Å². The topological polar surface area (TPSA) is 29.5 Å². The van der Waals surface area contributed by atoms with Gasteiger partial charge < -0.3 is 9.84 Å². The summed E-state index contributed by atoms with van der Waals surface area (Å²) in [4.78, 5) is 0. The van der Waals surface area contributed by atoms with Crippen LogP contribution in [0.2, 0.25) is 0 Å². The summed E-state index contributed by atoms with van der Waals surface area (Å²) in [7, 11) is 0. The van der Waals surface area contributed by atoms with Gasteiger partial charge in [-0.1, -0.05) is 13.3 Å². The fourth-order valence-electron chi connectivity index (χ4n) is 3.12. The van der Waals surface area contributed by atoms with Crippen molar-refractivity contribution in [3.8, 4) is 0 Å². The zero-order valence-corrected chi connectivity index (χ0v) is 8.57. The molecule has 0 amide bonds. The average Bonchev–Trinajstić information content (AvgIpc) is 2.43. The van der Waals surface area contributed by atoms with Gasteiger partial charge in [0.15, 0.2) is 0 Å². The molecule has 1 aliphatic heterocycles. The van der Waals surface area contributed by atoms with Gasteiger partial charge in [-0.25, -0.2) is 0 Å². The Morgan fingerprint density at radius 1 is 1.31 bits per heavy atom. The summed E-state index contributed by atoms with van der Waals surface area (Å²) < 4.78 is 5.90. The van der Waals surface area contributed by atoms with Crippen molar-refractivity contribution in [2.75, 3.05) is 6.61 Å². The van der Waals surface area contributed by atoms with E-state index in [0.717, 1.165) is 0 Å². The highest BCUT2D eigenvalue weighted by molar-refractivity contribution is 4.92. The van der Waals surface area contributed by atoms with Crippen LogP contribution in [0.3, 0.4) is 0 Å². The van der Waals surface area contributed by atoms with Crippen LogP contribution in [0.1, 0.15) is 33.1 Å². The van der Waals surface area contributed by atoms with Crippen molar-refractivity contribution in [2.24, 2.45) is 17.8 Å². The molecule has 0 aromatic rings. The van der Waals surface area contributed by atoms with Crippen molar-refractivity contribution < 1.29 is 9.84 Å². The highest BCUT2D eigenvalue weighted by atomic mass is 16.5. The molecule has 2 fully saturated rings. The quantitative estimate of drug-likeness (QED) is 0.673. The SMILES string of the molecule is C[C@H]1[C@H]2[C@H](CO)CCC[C@@H]2O[C@H]1C. The predicted octanol–water partition coefficient (Wildman–Crippen LogP) is 1.82. The van der Waals surface area contributed by atoms with Gasteiger partial charge in [0.05, 0.1) is 12.2 Å². The van der Waals surface area contributed by atoms with Crippen LogP contribution in [0.25, 0.3) is 0 Å². The molecule has 1 heterocycles. The molecule has 1 aliphatic carbocycles. The van der Waals surface area contributed by atoms with Crippen molar-refractivity contribution in [3.05, 3.63) is 0 Å². The number of fused-ring (bicyclic) bond motifs is 1. The summed E-state index contributed by atoms with van der Waals surface area (Å²) in [6, 6.07) is 0. The number of hydrogen-bond acceptors (Lipinski definition) is 2. The third-order valence-electron chi connectivity index (χ3n) is 4.01. The zero-order chi connectivity index (χ0) is 9.42. The van der Waals surface area contributed by atoms with Gasteiger partial charge in [-0.05, 0) is 37.5 Å². The Labute approximate surface area is 80.3 Å². The lowest BCUT2D eigenvalue weighted by molar-refractivity contribution is 0.00329. The second-order valence-corrected chi connectivity index (χ2v) is 4.69. The number of rotatable bonds is 1. The van der Waals surface area contributed by atoms with Crippen LogP contribution < -0.4 is 0 Å². The first kappa shape index (κ1) is 9.47. The maximum atomic E-state index is 9.29. The van der Waals surface area contributed by atoms with Crippen LogP contribution in [-0.2, 0) is 4.74 Å². The third kappa shape index (κ3) is 1.50. The highest BCUT2D eigenvalue weighted by Crippen LogP contribution is 2.44. The molecule has 1 saturated heterocycles. The number of ether oxygens (including phenoxy) is 1. The molecule has 0 aromatic carbocycles. The molecule has 5 atom stereocenters. The zero-order valence-electron chi connectivity index (χ0n) is 8.57. The monoisotopic (exact) mass is 184 g/mol. The molecule has 0 spiro atoms. The largest absolute Gasteiger partial charge is 0.396 e. The predicted molar refractivity (Wildman–Crippen MR) is 51.4 cm³/mol. The lowest BCUT2D eigenvalue weighted by Gasteiger charge is -2.33. The minimum atomic E-state index is 0.349. The molecule has 2 nitrogen and oxygen atoms in total. The maximum Gasteiger partial charge on any atom is 0.0614 e. The maximum absolute atomic E-state index is 9.29. The van der Waals surface area contributed by atoms with Gasteiger partial charge in [0.1, 0.15) is 0 Å². The molecule has 2 rings (SSSR count). The third-order valence-corrected chi connectivity index (χ3v) is 4.01. The highest BCUT2D eigenvalue weighted by Gasteiger charge is 2.45. The molecular formula is C11H20O2. The lowest BCUT2D eigenvalue weighted by Crippen LogP contribution is -2.34. The number of aliphatic hydroxyl groups is 1. The summed E-state index contributed by atoms with van der Waals surface area (Å²) in [5.74, 6) is 1.75. The van der Waals surface area contributed by atoms with Gasteiger partial charge in [-0.15, -0.1) is 0 Å². The van der Waals surface area contributed by atoms with Crippen LogP contribution in [0.4, 0.5) is 0 Å². The average molecular weight is 184 g/mol. The van der Waals surface area contributed by atoms with Gasteiger partial charge in [-0.2, -0.15) is 0 Å². The molecule has 0 unspecified atom stereocenters. The molecule has 76 valence electrons. The van der Waals surface area contributed by atoms with Crippen LogP contribution >= 0.6 is 0 Å². The molecule has 0 bridgehead atoms. The number of hydrogen-bond donors (Lipinski definition) is 1. The first-order valence-electron chi connectivity index (χ1n) is 5.50. The first-order valence-corrected chi connectivity index (χ1v) is 5.50. The molecule has 1 N–H and O–H groups in total. The fourth-order valence-corrected chi connectivity index (χ4v) is 3.12. The van der Waals surface area contributed by atoms with Gasteiger partial charge in [0.25, 0.3) is 0 Å². The van der Waals surface area contributed by atoms with Crippen molar-refractivity contribution in [1.82, 2.24) is 0 Å². The Hall–Kier alpha value is -0.0800. The Balaban J connectivity index is 2.11. The second-order valence-electron chi connectivity index (χ2n) is 4.69. The molecule has 1 saturated carbocycles. The molecule has 2 aliphatic rings. The Morgan fingerprint density at radius 2 is 2.08 bits per heavy atom. The molecular weight excluding hydrogens is 164 g/mol. The van der Waals surface area contributed by atoms with E-state index in [4.69, 9.17) is 4.74 Å². The van der Waals surface area contributed by atoms with E-state index in [2.05, 4.69) is 13.8 Å². The van der Waals surface area contributed by atoms with E-state index in [1.807, 2.05) is 0 Å². The van der Waals surface area contributed by atoms with E-state index < -0.39 is 0 Å². The molecule has 2 heteroatoms. The van der Waals surface area contributed by atoms with Crippen molar-refractivity contribution in [3.63, 3.8) is 0 Å². The smallest absolute Gasteiger partial charge is 0.0614 e. The van der Waals surface area contributed by atoms with Gasteiger partial charge in [0.2, 0.25) is 0 Å². The van der Waals surface area contributed by atoms with E-state index in [1.165, 1.54) is 19.3 Å². The van der Waals surface area contributed by atoms with Crippen molar-refractivity contribution in [1.29, 1.82) is 0 Å². The van der Waals surface area contributed by atoms with Crippen LogP contribution in [-0.4, -0.2) is 23.9 Å². The minimum absolute atomic E-state index is 0.349. The van der Waals surface area contributed by atoms with Crippen LogP contribution in [0, 0.1) is 17.8 Å². The summed E-state index contributed by atoms with van der Waals surface area (Å²) >= 11 is 0. The van der Waals surface area contributed by atoms with E-state index in [9.17, 15) is 5.11 Å². The molecule has 0 aromatic heterocycles. The fraction of sp³-hybridized carbons (Fsp3) is 1.00.